The monoisotopic (exact) mass is 210 g/mol. The molecule has 4 heteroatoms. The van der Waals surface area contributed by atoms with Gasteiger partial charge in [-0.15, -0.1) is 0 Å². The number of halogens is 1. The molecule has 1 aliphatic heterocycles. The molecule has 1 unspecified atom stereocenters. The highest BCUT2D eigenvalue weighted by Crippen LogP contribution is 2.26. The summed E-state index contributed by atoms with van der Waals surface area (Å²) in [6.45, 7) is 0.650. The second-order valence-corrected chi connectivity index (χ2v) is 3.55. The maximum atomic E-state index is 12.9. The Morgan fingerprint density at radius 2 is 2.40 bits per heavy atom. The van der Waals surface area contributed by atoms with Gasteiger partial charge in [0.05, 0.1) is 6.61 Å². The van der Waals surface area contributed by atoms with E-state index in [9.17, 15) is 9.18 Å². The Balaban J connectivity index is 2.13. The van der Waals surface area contributed by atoms with Crippen molar-refractivity contribution < 1.29 is 19.0 Å². The summed E-state index contributed by atoms with van der Waals surface area (Å²) in [7, 11) is 0. The van der Waals surface area contributed by atoms with Crippen LogP contribution in [0.4, 0.5) is 4.39 Å². The molecule has 3 nitrogen and oxygen atoms in total. The van der Waals surface area contributed by atoms with Gasteiger partial charge in [0, 0.05) is 12.8 Å². The first-order valence-electron chi connectivity index (χ1n) is 4.78. The Morgan fingerprint density at radius 3 is 3.13 bits per heavy atom. The number of hydrogen-bond acceptors (Lipinski definition) is 2. The Hall–Kier alpha value is -1.58. The van der Waals surface area contributed by atoms with Crippen LogP contribution in [-0.4, -0.2) is 23.9 Å². The van der Waals surface area contributed by atoms with Crippen molar-refractivity contribution in [1.82, 2.24) is 0 Å². The lowest BCUT2D eigenvalue weighted by Crippen LogP contribution is -2.17. The van der Waals surface area contributed by atoms with Crippen LogP contribution >= 0.6 is 0 Å². The predicted molar refractivity (Wildman–Crippen MR) is 51.9 cm³/mol. The third kappa shape index (κ3) is 2.09. The SMILES string of the molecule is O=C(O)C(F)Cc1ccc2c(c1)CCO2. The quantitative estimate of drug-likeness (QED) is 0.824. The Kier molecular flexibility index (Phi) is 2.58. The molecule has 1 heterocycles. The minimum absolute atomic E-state index is 0.0807. The van der Waals surface area contributed by atoms with Gasteiger partial charge in [-0.25, -0.2) is 9.18 Å². The van der Waals surface area contributed by atoms with Gasteiger partial charge in [-0.05, 0) is 17.2 Å². The summed E-state index contributed by atoms with van der Waals surface area (Å²) >= 11 is 0. The number of ether oxygens (including phenoxy) is 1. The van der Waals surface area contributed by atoms with Gasteiger partial charge in [0.2, 0.25) is 6.17 Å². The van der Waals surface area contributed by atoms with E-state index < -0.39 is 12.1 Å². The first-order chi connectivity index (χ1) is 7.16. The molecule has 2 rings (SSSR count). The predicted octanol–water partition coefficient (Wildman–Crippen LogP) is 1.59. The molecule has 0 spiro atoms. The van der Waals surface area contributed by atoms with Crippen molar-refractivity contribution in [3.63, 3.8) is 0 Å². The van der Waals surface area contributed by atoms with Crippen molar-refractivity contribution >= 4 is 5.97 Å². The van der Waals surface area contributed by atoms with Gasteiger partial charge in [0.1, 0.15) is 5.75 Å². The van der Waals surface area contributed by atoms with Crippen LogP contribution in [-0.2, 0) is 17.6 Å². The molecule has 1 aromatic rings. The van der Waals surface area contributed by atoms with Gasteiger partial charge < -0.3 is 9.84 Å². The van der Waals surface area contributed by atoms with E-state index in [0.29, 0.717) is 12.2 Å². The average Bonchev–Trinajstić information content (AvgIpc) is 2.64. The molecule has 1 aromatic carbocycles. The number of benzene rings is 1. The van der Waals surface area contributed by atoms with Crippen LogP contribution in [0.5, 0.6) is 5.75 Å². The molecule has 0 aliphatic carbocycles. The third-order valence-electron chi connectivity index (χ3n) is 2.44. The van der Waals surface area contributed by atoms with E-state index in [1.165, 1.54) is 0 Å². The fraction of sp³-hybridized carbons (Fsp3) is 0.364. The van der Waals surface area contributed by atoms with Crippen molar-refractivity contribution in [2.24, 2.45) is 0 Å². The number of carboxylic acid groups (broad SMARTS) is 1. The van der Waals surface area contributed by atoms with Crippen molar-refractivity contribution in [2.75, 3.05) is 6.61 Å². The van der Waals surface area contributed by atoms with E-state index in [0.717, 1.165) is 17.7 Å². The van der Waals surface area contributed by atoms with Crippen LogP contribution in [0.3, 0.4) is 0 Å². The summed E-state index contributed by atoms with van der Waals surface area (Å²) in [6.07, 6.45) is -1.10. The number of carboxylic acids is 1. The zero-order chi connectivity index (χ0) is 10.8. The summed E-state index contributed by atoms with van der Waals surface area (Å²) in [5.74, 6) is -0.587. The number of alkyl halides is 1. The van der Waals surface area contributed by atoms with Crippen LogP contribution < -0.4 is 4.74 Å². The summed E-state index contributed by atoms with van der Waals surface area (Å²) in [5, 5.41) is 8.44. The number of fused-ring (bicyclic) bond motifs is 1. The Bertz CT molecular complexity index is 389. The van der Waals surface area contributed by atoms with Crippen LogP contribution in [0.15, 0.2) is 18.2 Å². The van der Waals surface area contributed by atoms with Crippen LogP contribution in [0, 0.1) is 0 Å². The first-order valence-corrected chi connectivity index (χ1v) is 4.78. The molecule has 1 N–H and O–H groups in total. The highest BCUT2D eigenvalue weighted by atomic mass is 19.1. The molecule has 0 fully saturated rings. The summed E-state index contributed by atoms with van der Waals surface area (Å²) in [6, 6.07) is 5.30. The van der Waals surface area contributed by atoms with Gasteiger partial charge in [-0.2, -0.15) is 0 Å². The van der Waals surface area contributed by atoms with Gasteiger partial charge in [0.15, 0.2) is 0 Å². The molecule has 15 heavy (non-hydrogen) atoms. The summed E-state index contributed by atoms with van der Waals surface area (Å²) < 4.78 is 18.2. The maximum Gasteiger partial charge on any atom is 0.338 e. The third-order valence-corrected chi connectivity index (χ3v) is 2.44. The number of carbonyl (C=O) groups is 1. The van der Waals surface area contributed by atoms with Crippen molar-refractivity contribution in [3.8, 4) is 5.75 Å². The fourth-order valence-electron chi connectivity index (χ4n) is 1.66. The molecule has 0 aromatic heterocycles. The van der Waals surface area contributed by atoms with Gasteiger partial charge in [-0.1, -0.05) is 12.1 Å². The van der Waals surface area contributed by atoms with Crippen LogP contribution in [0.1, 0.15) is 11.1 Å². The molecule has 0 bridgehead atoms. The van der Waals surface area contributed by atoms with Crippen molar-refractivity contribution in [3.05, 3.63) is 29.3 Å². The normalized spacial score (nSPS) is 15.5. The second-order valence-electron chi connectivity index (χ2n) is 3.55. The zero-order valence-corrected chi connectivity index (χ0v) is 8.07. The lowest BCUT2D eigenvalue weighted by atomic mass is 10.0. The topological polar surface area (TPSA) is 46.5 Å². The fourth-order valence-corrected chi connectivity index (χ4v) is 1.66. The molecule has 80 valence electrons. The number of hydrogen-bond donors (Lipinski definition) is 1. The Labute approximate surface area is 86.5 Å². The van der Waals surface area contributed by atoms with E-state index in [1.54, 1.807) is 12.1 Å². The van der Waals surface area contributed by atoms with Gasteiger partial charge >= 0.3 is 5.97 Å². The zero-order valence-electron chi connectivity index (χ0n) is 8.07. The first kappa shape index (κ1) is 9.96. The van der Waals surface area contributed by atoms with Gasteiger partial charge in [0.25, 0.3) is 0 Å². The van der Waals surface area contributed by atoms with E-state index in [1.807, 2.05) is 6.07 Å². The molecular formula is C11H11FO3. The molecule has 1 atom stereocenters. The van der Waals surface area contributed by atoms with E-state index in [-0.39, 0.29) is 6.42 Å². The summed E-state index contributed by atoms with van der Waals surface area (Å²) in [5.41, 5.74) is 1.74. The molecule has 1 aliphatic rings. The molecule has 0 saturated carbocycles. The maximum absolute atomic E-state index is 12.9. The van der Waals surface area contributed by atoms with Crippen LogP contribution in [0.25, 0.3) is 0 Å². The smallest absolute Gasteiger partial charge is 0.338 e. The highest BCUT2D eigenvalue weighted by molar-refractivity contribution is 5.72. The van der Waals surface area contributed by atoms with E-state index >= 15 is 0 Å². The molecule has 0 amide bonds. The second kappa shape index (κ2) is 3.88. The Morgan fingerprint density at radius 1 is 1.60 bits per heavy atom. The van der Waals surface area contributed by atoms with Crippen molar-refractivity contribution in [2.45, 2.75) is 19.0 Å². The minimum atomic E-state index is -1.83. The largest absolute Gasteiger partial charge is 0.493 e. The molecule has 0 saturated heterocycles. The molecule has 0 radical (unpaired) electrons. The minimum Gasteiger partial charge on any atom is -0.493 e. The van der Waals surface area contributed by atoms with E-state index in [4.69, 9.17) is 9.84 Å². The lowest BCUT2D eigenvalue weighted by molar-refractivity contribution is -0.142. The lowest BCUT2D eigenvalue weighted by Gasteiger charge is -2.05. The van der Waals surface area contributed by atoms with Crippen LogP contribution in [0.2, 0.25) is 0 Å². The molecular weight excluding hydrogens is 199 g/mol. The standard InChI is InChI=1S/C11H11FO3/c12-9(11(13)14)6-7-1-2-10-8(5-7)3-4-15-10/h1-2,5,9H,3-4,6H2,(H,13,14). The highest BCUT2D eigenvalue weighted by Gasteiger charge is 2.18. The van der Waals surface area contributed by atoms with Crippen molar-refractivity contribution in [1.29, 1.82) is 0 Å². The van der Waals surface area contributed by atoms with E-state index in [2.05, 4.69) is 0 Å². The summed E-state index contributed by atoms with van der Waals surface area (Å²) in [4.78, 5) is 10.3. The average molecular weight is 210 g/mol. The van der Waals surface area contributed by atoms with Gasteiger partial charge in [-0.3, -0.25) is 0 Å². The number of aliphatic carboxylic acids is 1. The number of rotatable bonds is 3.